The summed E-state index contributed by atoms with van der Waals surface area (Å²) in [6.45, 7) is 3.09. The number of hydrogen-bond acceptors (Lipinski definition) is 4. The molecular weight excluding hydrogens is 258 g/mol. The first-order valence-electron chi connectivity index (χ1n) is 5.37. The number of rotatable bonds is 4. The average Bonchev–Trinajstić information content (AvgIpc) is 2.35. The van der Waals surface area contributed by atoms with Gasteiger partial charge < -0.3 is 9.57 Å². The summed E-state index contributed by atoms with van der Waals surface area (Å²) in [6, 6.07) is 6.56. The minimum Gasteiger partial charge on any atom is -0.484 e. The van der Waals surface area contributed by atoms with E-state index in [-0.39, 0.29) is 12.5 Å². The number of carbonyl (C=O) groups is 2. The smallest absolute Gasteiger partial charge is 0.334 e. The predicted octanol–water partition coefficient (Wildman–Crippen LogP) is 1.95. The minimum absolute atomic E-state index is 0.243. The Kier molecular flexibility index (Phi) is 5.45. The third-order valence-corrected chi connectivity index (χ3v) is 2.17. The number of ether oxygens (including phenoxy) is 1. The zero-order chi connectivity index (χ0) is 13.5. The molecule has 1 rings (SSSR count). The fraction of sp³-hybridized carbons (Fsp3) is 0.333. The maximum Gasteiger partial charge on any atom is 0.334 e. The summed E-state index contributed by atoms with van der Waals surface area (Å²) >= 11 is 5.70. The van der Waals surface area contributed by atoms with Crippen LogP contribution in [0.25, 0.3) is 0 Å². The number of benzene rings is 1. The summed E-state index contributed by atoms with van der Waals surface area (Å²) in [5.74, 6) is -0.846. The number of hydroxylamine groups is 1. The third kappa shape index (κ3) is 5.05. The molecule has 0 aliphatic carbocycles. The normalized spacial score (nSPS) is 10.0. The lowest BCUT2D eigenvalue weighted by atomic mass is 10.2. The summed E-state index contributed by atoms with van der Waals surface area (Å²) in [5.41, 5.74) is 2.01. The van der Waals surface area contributed by atoms with Gasteiger partial charge in [-0.05, 0) is 24.3 Å². The molecule has 0 unspecified atom stereocenters. The van der Waals surface area contributed by atoms with Gasteiger partial charge in [0.1, 0.15) is 5.75 Å². The first-order chi connectivity index (χ1) is 8.49. The summed E-state index contributed by atoms with van der Waals surface area (Å²) in [5, 5.41) is 0.581. The highest BCUT2D eigenvalue weighted by Crippen LogP contribution is 2.15. The lowest BCUT2D eigenvalue weighted by molar-refractivity contribution is -0.161. The van der Waals surface area contributed by atoms with Crippen LogP contribution in [-0.4, -0.2) is 18.5 Å². The first-order valence-corrected chi connectivity index (χ1v) is 5.74. The van der Waals surface area contributed by atoms with Crippen molar-refractivity contribution >= 4 is 23.5 Å². The highest BCUT2D eigenvalue weighted by molar-refractivity contribution is 6.30. The van der Waals surface area contributed by atoms with Gasteiger partial charge >= 0.3 is 5.97 Å². The van der Waals surface area contributed by atoms with E-state index in [0.717, 1.165) is 0 Å². The highest BCUT2D eigenvalue weighted by Gasteiger charge is 2.11. The van der Waals surface area contributed by atoms with E-state index >= 15 is 0 Å². The Bertz CT molecular complexity index is 417. The van der Waals surface area contributed by atoms with Gasteiger partial charge in [-0.15, -0.1) is 0 Å². The second-order valence-corrected chi connectivity index (χ2v) is 4.28. The van der Waals surface area contributed by atoms with Crippen molar-refractivity contribution in [1.29, 1.82) is 0 Å². The standard InChI is InChI=1S/C12H14ClNO4/c1-8(2)12(16)18-14-11(15)7-17-10-5-3-9(13)4-6-10/h3-6,8H,7H2,1-2H3,(H,14,15). The van der Waals surface area contributed by atoms with Gasteiger partial charge in [-0.25, -0.2) is 4.79 Å². The van der Waals surface area contributed by atoms with Crippen LogP contribution in [0.4, 0.5) is 0 Å². The van der Waals surface area contributed by atoms with E-state index in [1.54, 1.807) is 38.1 Å². The van der Waals surface area contributed by atoms with E-state index in [2.05, 4.69) is 4.84 Å². The van der Waals surface area contributed by atoms with Gasteiger partial charge in [0, 0.05) is 5.02 Å². The molecular formula is C12H14ClNO4. The number of amides is 1. The van der Waals surface area contributed by atoms with E-state index in [0.29, 0.717) is 10.8 Å². The van der Waals surface area contributed by atoms with Gasteiger partial charge in [0.05, 0.1) is 5.92 Å². The molecule has 1 amide bonds. The monoisotopic (exact) mass is 271 g/mol. The maximum atomic E-state index is 11.3. The van der Waals surface area contributed by atoms with Gasteiger partial charge in [0.15, 0.2) is 6.61 Å². The molecule has 0 saturated heterocycles. The second kappa shape index (κ2) is 6.86. The van der Waals surface area contributed by atoms with Gasteiger partial charge in [-0.2, -0.15) is 5.48 Å². The van der Waals surface area contributed by atoms with Crippen molar-refractivity contribution < 1.29 is 19.2 Å². The van der Waals surface area contributed by atoms with Crippen LogP contribution in [0.5, 0.6) is 5.75 Å². The molecule has 1 aromatic rings. The van der Waals surface area contributed by atoms with E-state index in [4.69, 9.17) is 16.3 Å². The van der Waals surface area contributed by atoms with Crippen molar-refractivity contribution in [3.8, 4) is 5.75 Å². The lowest BCUT2D eigenvalue weighted by Gasteiger charge is -2.08. The van der Waals surface area contributed by atoms with Crippen LogP contribution in [0.15, 0.2) is 24.3 Å². The Balaban J connectivity index is 2.29. The average molecular weight is 272 g/mol. The minimum atomic E-state index is -0.543. The van der Waals surface area contributed by atoms with Crippen molar-refractivity contribution in [3.63, 3.8) is 0 Å². The largest absolute Gasteiger partial charge is 0.484 e. The van der Waals surface area contributed by atoms with Gasteiger partial charge in [-0.1, -0.05) is 25.4 Å². The van der Waals surface area contributed by atoms with Crippen LogP contribution in [0.2, 0.25) is 5.02 Å². The lowest BCUT2D eigenvalue weighted by Crippen LogP contribution is -2.32. The molecule has 0 radical (unpaired) electrons. The Morgan fingerprint density at radius 3 is 2.44 bits per heavy atom. The quantitative estimate of drug-likeness (QED) is 0.850. The molecule has 18 heavy (non-hydrogen) atoms. The summed E-state index contributed by atoms with van der Waals surface area (Å²) < 4.78 is 5.15. The van der Waals surface area contributed by atoms with E-state index < -0.39 is 11.9 Å². The molecule has 5 nitrogen and oxygen atoms in total. The van der Waals surface area contributed by atoms with Crippen molar-refractivity contribution in [2.45, 2.75) is 13.8 Å². The van der Waals surface area contributed by atoms with Crippen molar-refractivity contribution in [2.24, 2.45) is 5.92 Å². The molecule has 0 bridgehead atoms. The van der Waals surface area contributed by atoms with Crippen molar-refractivity contribution in [2.75, 3.05) is 6.61 Å². The second-order valence-electron chi connectivity index (χ2n) is 3.84. The Labute approximate surface area is 110 Å². The zero-order valence-electron chi connectivity index (χ0n) is 10.1. The van der Waals surface area contributed by atoms with Gasteiger partial charge in [0.2, 0.25) is 0 Å². The molecule has 1 N–H and O–H groups in total. The third-order valence-electron chi connectivity index (χ3n) is 1.92. The fourth-order valence-electron chi connectivity index (χ4n) is 0.934. The van der Waals surface area contributed by atoms with Gasteiger partial charge in [-0.3, -0.25) is 4.79 Å². The van der Waals surface area contributed by atoms with Crippen molar-refractivity contribution in [1.82, 2.24) is 5.48 Å². The molecule has 0 aromatic heterocycles. The van der Waals surface area contributed by atoms with Crippen LogP contribution < -0.4 is 10.2 Å². The molecule has 0 spiro atoms. The number of halogens is 1. The predicted molar refractivity (Wildman–Crippen MR) is 66.0 cm³/mol. The molecule has 0 saturated carbocycles. The number of hydrogen-bond donors (Lipinski definition) is 1. The van der Waals surface area contributed by atoms with E-state index in [9.17, 15) is 9.59 Å². The zero-order valence-corrected chi connectivity index (χ0v) is 10.9. The Morgan fingerprint density at radius 1 is 1.28 bits per heavy atom. The van der Waals surface area contributed by atoms with Crippen molar-refractivity contribution in [3.05, 3.63) is 29.3 Å². The maximum absolute atomic E-state index is 11.3. The van der Waals surface area contributed by atoms with Crippen LogP contribution in [0, 0.1) is 5.92 Å². The summed E-state index contributed by atoms with van der Waals surface area (Å²) in [6.07, 6.45) is 0. The Hall–Kier alpha value is -1.75. The molecule has 6 heteroatoms. The van der Waals surface area contributed by atoms with Crippen LogP contribution in [0.1, 0.15) is 13.8 Å². The topological polar surface area (TPSA) is 64.6 Å². The van der Waals surface area contributed by atoms with E-state index in [1.165, 1.54) is 0 Å². The highest BCUT2D eigenvalue weighted by atomic mass is 35.5. The number of carbonyl (C=O) groups excluding carboxylic acids is 2. The first kappa shape index (κ1) is 14.3. The number of nitrogens with one attached hydrogen (secondary N) is 1. The van der Waals surface area contributed by atoms with Crippen LogP contribution in [-0.2, 0) is 14.4 Å². The Morgan fingerprint density at radius 2 is 1.89 bits per heavy atom. The molecule has 0 aliphatic rings. The molecule has 0 atom stereocenters. The molecule has 98 valence electrons. The molecule has 0 fully saturated rings. The van der Waals surface area contributed by atoms with Crippen LogP contribution in [0.3, 0.4) is 0 Å². The SMILES string of the molecule is CC(C)C(=O)ONC(=O)COc1ccc(Cl)cc1. The van der Waals surface area contributed by atoms with Gasteiger partial charge in [0.25, 0.3) is 5.91 Å². The fourth-order valence-corrected chi connectivity index (χ4v) is 1.06. The molecule has 0 heterocycles. The summed E-state index contributed by atoms with van der Waals surface area (Å²) in [4.78, 5) is 26.9. The van der Waals surface area contributed by atoms with Crippen LogP contribution >= 0.6 is 11.6 Å². The summed E-state index contributed by atoms with van der Waals surface area (Å²) in [7, 11) is 0. The van der Waals surface area contributed by atoms with E-state index in [1.807, 2.05) is 5.48 Å². The molecule has 0 aliphatic heterocycles. The molecule has 1 aromatic carbocycles.